The third-order valence-corrected chi connectivity index (χ3v) is 5.78. The van der Waals surface area contributed by atoms with Crippen molar-refractivity contribution in [3.63, 3.8) is 0 Å². The molecule has 0 bridgehead atoms. The Morgan fingerprint density at radius 3 is 2.32 bits per heavy atom. The number of hydrogen-bond donors (Lipinski definition) is 2. The lowest BCUT2D eigenvalue weighted by molar-refractivity contribution is 0.596. The first-order chi connectivity index (χ1) is 10.1. The lowest BCUT2D eigenvalue weighted by Crippen LogP contribution is -2.16. The predicted molar refractivity (Wildman–Crippen MR) is 87.5 cm³/mol. The Bertz CT molecular complexity index is 925. The summed E-state index contributed by atoms with van der Waals surface area (Å²) in [6.45, 7) is 1.58. The number of rotatable bonds is 4. The van der Waals surface area contributed by atoms with Gasteiger partial charge in [0.15, 0.2) is 0 Å². The lowest BCUT2D eigenvalue weighted by Gasteiger charge is -2.11. The van der Waals surface area contributed by atoms with Gasteiger partial charge in [0.05, 0.1) is 15.5 Å². The van der Waals surface area contributed by atoms with Gasteiger partial charge in [0, 0.05) is 4.47 Å². The van der Waals surface area contributed by atoms with E-state index in [1.54, 1.807) is 19.1 Å². The predicted octanol–water partition coefficient (Wildman–Crippen LogP) is 2.21. The van der Waals surface area contributed by atoms with Gasteiger partial charge in [-0.1, -0.05) is 28.1 Å². The van der Waals surface area contributed by atoms with E-state index >= 15 is 0 Å². The molecule has 0 heterocycles. The molecule has 0 aliphatic carbocycles. The van der Waals surface area contributed by atoms with Crippen molar-refractivity contribution >= 4 is 41.7 Å². The van der Waals surface area contributed by atoms with E-state index in [0.717, 1.165) is 0 Å². The first kappa shape index (κ1) is 16.9. The Balaban J connectivity index is 2.43. The van der Waals surface area contributed by atoms with Crippen LogP contribution in [0.3, 0.4) is 0 Å². The number of nitrogens with one attached hydrogen (secondary N) is 1. The molecule has 2 rings (SSSR count). The van der Waals surface area contributed by atoms with Crippen LogP contribution in [-0.4, -0.2) is 16.8 Å². The number of halogens is 1. The van der Waals surface area contributed by atoms with Gasteiger partial charge in [0.1, 0.15) is 0 Å². The molecular weight excluding hydrogens is 392 g/mol. The molecule has 0 atom stereocenters. The molecule has 0 amide bonds. The molecule has 9 heteroatoms. The first-order valence-electron chi connectivity index (χ1n) is 6.01. The van der Waals surface area contributed by atoms with Crippen molar-refractivity contribution in [3.05, 3.63) is 52.5 Å². The fourth-order valence-electron chi connectivity index (χ4n) is 1.82. The minimum Gasteiger partial charge on any atom is -0.280 e. The summed E-state index contributed by atoms with van der Waals surface area (Å²) in [6, 6.07) is 10.3. The van der Waals surface area contributed by atoms with Crippen LogP contribution < -0.4 is 9.86 Å². The number of hydrogen-bond acceptors (Lipinski definition) is 4. The molecule has 0 fully saturated rings. The molecule has 0 unspecified atom stereocenters. The van der Waals surface area contributed by atoms with Crippen LogP contribution >= 0.6 is 15.9 Å². The van der Waals surface area contributed by atoms with E-state index in [9.17, 15) is 16.8 Å². The number of nitrogens with two attached hydrogens (primary N) is 1. The highest BCUT2D eigenvalue weighted by molar-refractivity contribution is 9.10. The van der Waals surface area contributed by atoms with Crippen molar-refractivity contribution in [2.24, 2.45) is 5.14 Å². The average molecular weight is 405 g/mol. The average Bonchev–Trinajstić information content (AvgIpc) is 2.39. The maximum atomic E-state index is 12.3. The number of aryl methyl sites for hydroxylation is 1. The van der Waals surface area contributed by atoms with Crippen LogP contribution in [0.4, 0.5) is 5.69 Å². The molecule has 0 aliphatic heterocycles. The van der Waals surface area contributed by atoms with E-state index in [4.69, 9.17) is 5.14 Å². The fourth-order valence-corrected chi connectivity index (χ4v) is 4.27. The van der Waals surface area contributed by atoms with Crippen LogP contribution in [0.25, 0.3) is 0 Å². The van der Waals surface area contributed by atoms with Crippen molar-refractivity contribution in [1.82, 2.24) is 0 Å². The zero-order chi connectivity index (χ0) is 16.5. The zero-order valence-corrected chi connectivity index (χ0v) is 14.7. The maximum absolute atomic E-state index is 12.3. The first-order valence-corrected chi connectivity index (χ1v) is 9.84. The van der Waals surface area contributed by atoms with Crippen molar-refractivity contribution < 1.29 is 16.8 Å². The molecule has 2 aromatic carbocycles. The monoisotopic (exact) mass is 404 g/mol. The van der Waals surface area contributed by atoms with E-state index in [2.05, 4.69) is 20.7 Å². The zero-order valence-electron chi connectivity index (χ0n) is 11.4. The summed E-state index contributed by atoms with van der Waals surface area (Å²) in [7, 11) is -7.75. The molecule has 0 saturated carbocycles. The molecule has 2 aromatic rings. The van der Waals surface area contributed by atoms with Gasteiger partial charge in [-0.2, -0.15) is 0 Å². The highest BCUT2D eigenvalue weighted by Crippen LogP contribution is 2.23. The number of anilines is 1. The van der Waals surface area contributed by atoms with Crippen LogP contribution in [0, 0.1) is 6.92 Å². The molecule has 0 aliphatic rings. The van der Waals surface area contributed by atoms with Crippen LogP contribution in [-0.2, 0) is 20.0 Å². The quantitative estimate of drug-likeness (QED) is 0.813. The largest absolute Gasteiger partial charge is 0.280 e. The maximum Gasteiger partial charge on any atom is 0.261 e. The molecule has 3 N–H and O–H groups in total. The molecule has 22 heavy (non-hydrogen) atoms. The van der Waals surface area contributed by atoms with Crippen molar-refractivity contribution in [2.45, 2.75) is 16.7 Å². The van der Waals surface area contributed by atoms with Crippen molar-refractivity contribution in [1.29, 1.82) is 0 Å². The van der Waals surface area contributed by atoms with E-state index in [-0.39, 0.29) is 15.5 Å². The Hall–Kier alpha value is -1.42. The Kier molecular flexibility index (Phi) is 4.62. The number of sulfonamides is 2. The van der Waals surface area contributed by atoms with E-state index in [1.165, 1.54) is 30.3 Å². The fraction of sp³-hybridized carbons (Fsp3) is 0.0769. The minimum atomic E-state index is -3.93. The van der Waals surface area contributed by atoms with Crippen molar-refractivity contribution in [2.75, 3.05) is 4.72 Å². The van der Waals surface area contributed by atoms with Crippen LogP contribution in [0.15, 0.2) is 56.7 Å². The highest BCUT2D eigenvalue weighted by Gasteiger charge is 2.17. The van der Waals surface area contributed by atoms with E-state index in [1.807, 2.05) is 0 Å². The van der Waals surface area contributed by atoms with E-state index < -0.39 is 20.0 Å². The van der Waals surface area contributed by atoms with Crippen molar-refractivity contribution in [3.8, 4) is 0 Å². The SMILES string of the molecule is Cc1ccc(NS(=O)(=O)c2cccc(Br)c2)cc1S(N)(=O)=O. The molecule has 6 nitrogen and oxygen atoms in total. The second kappa shape index (κ2) is 5.99. The third kappa shape index (κ3) is 3.86. The standard InChI is InChI=1S/C13H13BrN2O4S2/c1-9-5-6-11(8-13(9)21(15,17)18)16-22(19,20)12-4-2-3-10(14)7-12/h2-8,16H,1H3,(H2,15,17,18). The summed E-state index contributed by atoms with van der Waals surface area (Å²) in [4.78, 5) is -0.0680. The summed E-state index contributed by atoms with van der Waals surface area (Å²) >= 11 is 3.20. The summed E-state index contributed by atoms with van der Waals surface area (Å²) < 4.78 is 50.5. The second-order valence-corrected chi connectivity index (χ2v) is 8.72. The topological polar surface area (TPSA) is 106 Å². The van der Waals surface area contributed by atoms with Gasteiger partial charge in [-0.3, -0.25) is 4.72 Å². The molecule has 0 radical (unpaired) electrons. The third-order valence-electron chi connectivity index (χ3n) is 2.85. The van der Waals surface area contributed by atoms with Crippen LogP contribution in [0.1, 0.15) is 5.56 Å². The van der Waals surface area contributed by atoms with Gasteiger partial charge >= 0.3 is 0 Å². The summed E-state index contributed by atoms with van der Waals surface area (Å²) in [5.41, 5.74) is 0.558. The molecule has 0 saturated heterocycles. The smallest absolute Gasteiger partial charge is 0.261 e. The summed E-state index contributed by atoms with van der Waals surface area (Å²) in [5.74, 6) is 0. The Morgan fingerprint density at radius 2 is 1.73 bits per heavy atom. The summed E-state index contributed by atoms with van der Waals surface area (Å²) in [6.07, 6.45) is 0. The lowest BCUT2D eigenvalue weighted by atomic mass is 10.2. The molecule has 0 spiro atoms. The van der Waals surface area contributed by atoms with Gasteiger partial charge in [0.25, 0.3) is 10.0 Å². The minimum absolute atomic E-state index is 0.0552. The van der Waals surface area contributed by atoms with Gasteiger partial charge < -0.3 is 0 Å². The molecule has 0 aromatic heterocycles. The van der Waals surface area contributed by atoms with Gasteiger partial charge in [-0.15, -0.1) is 0 Å². The highest BCUT2D eigenvalue weighted by atomic mass is 79.9. The van der Waals surface area contributed by atoms with Crippen LogP contribution in [0.5, 0.6) is 0 Å². The van der Waals surface area contributed by atoms with Gasteiger partial charge in [0.2, 0.25) is 10.0 Å². The van der Waals surface area contributed by atoms with Gasteiger partial charge in [-0.25, -0.2) is 22.0 Å². The van der Waals surface area contributed by atoms with Gasteiger partial charge in [-0.05, 0) is 42.8 Å². The van der Waals surface area contributed by atoms with E-state index in [0.29, 0.717) is 10.0 Å². The Morgan fingerprint density at radius 1 is 1.05 bits per heavy atom. The second-order valence-electron chi connectivity index (χ2n) is 4.59. The molecular formula is C13H13BrN2O4S2. The summed E-state index contributed by atoms with van der Waals surface area (Å²) in [5, 5.41) is 5.11. The molecule has 118 valence electrons. The Labute approximate surface area is 137 Å². The normalized spacial score (nSPS) is 12.1. The number of primary sulfonamides is 1. The van der Waals surface area contributed by atoms with Crippen LogP contribution in [0.2, 0.25) is 0 Å². The number of benzene rings is 2.